The van der Waals surface area contributed by atoms with Crippen molar-refractivity contribution in [2.24, 2.45) is 4.40 Å². The minimum Gasteiger partial charge on any atom is -0.259 e. The van der Waals surface area contributed by atoms with Gasteiger partial charge in [-0.1, -0.05) is 34.1 Å². The van der Waals surface area contributed by atoms with E-state index in [2.05, 4.69) is 20.3 Å². The number of halogens is 7. The fourth-order valence-corrected chi connectivity index (χ4v) is 2.68. The molecule has 1 N–H and O–H groups in total. The fraction of sp³-hybridized carbons (Fsp3) is 0.222. The van der Waals surface area contributed by atoms with Crippen LogP contribution in [-0.4, -0.2) is 33.7 Å². The van der Waals surface area contributed by atoms with Gasteiger partial charge in [0.1, 0.15) is 0 Å². The van der Waals surface area contributed by atoms with Gasteiger partial charge in [-0.25, -0.2) is 0 Å². The molecule has 0 unspecified atom stereocenters. The van der Waals surface area contributed by atoms with Gasteiger partial charge in [-0.3, -0.25) is 4.72 Å². The highest BCUT2D eigenvalue weighted by Gasteiger charge is 2.49. The Hall–Kier alpha value is -1.35. The first-order valence-electron chi connectivity index (χ1n) is 5.34. The third-order valence-corrected chi connectivity index (χ3v) is 4.94. The number of hydrogen-bond donors (Lipinski definition) is 1. The summed E-state index contributed by atoms with van der Waals surface area (Å²) in [6, 6.07) is 4.38. The first-order valence-corrected chi connectivity index (χ1v) is 9.05. The van der Waals surface area contributed by atoms with E-state index in [1.165, 1.54) is 6.07 Å². The molecule has 0 saturated heterocycles. The van der Waals surface area contributed by atoms with Crippen molar-refractivity contribution in [1.82, 2.24) is 4.72 Å². The zero-order valence-corrected chi connectivity index (χ0v) is 14.1. The molecule has 24 heavy (non-hydrogen) atoms. The molecule has 136 valence electrons. The first-order chi connectivity index (χ1) is 10.6. The molecule has 0 aliphatic carbocycles. The van der Waals surface area contributed by atoms with Crippen molar-refractivity contribution < 1.29 is 43.2 Å². The van der Waals surface area contributed by atoms with E-state index < -0.39 is 42.5 Å². The van der Waals surface area contributed by atoms with Crippen molar-refractivity contribution in [1.29, 1.82) is 0 Å². The number of benzene rings is 1. The van der Waals surface area contributed by atoms with Crippen LogP contribution in [0.1, 0.15) is 5.56 Å². The molecule has 6 nitrogen and oxygen atoms in total. The lowest BCUT2D eigenvalue weighted by Crippen LogP contribution is -2.41. The topological polar surface area (TPSA) is 92.7 Å². The molecule has 0 radical (unpaired) electrons. The van der Waals surface area contributed by atoms with Gasteiger partial charge in [0.2, 0.25) is 0 Å². The van der Waals surface area contributed by atoms with Crippen LogP contribution < -0.4 is 4.72 Å². The Morgan fingerprint density at radius 3 is 1.88 bits per heavy atom. The molecular formula is C9H5BrF6N2O4S2. The van der Waals surface area contributed by atoms with E-state index >= 15 is 0 Å². The molecular weight excluding hydrogens is 458 g/mol. The van der Waals surface area contributed by atoms with E-state index in [9.17, 15) is 43.2 Å². The summed E-state index contributed by atoms with van der Waals surface area (Å²) in [5, 5.41) is 0. The Morgan fingerprint density at radius 1 is 0.958 bits per heavy atom. The predicted molar refractivity (Wildman–Crippen MR) is 73.8 cm³/mol. The molecule has 0 aliphatic heterocycles. The molecule has 0 saturated carbocycles. The SMILES string of the molecule is O=S(=O)(N=C(NS(=O)(=O)C(F)(F)F)c1ccccc1Br)C(F)(F)F. The van der Waals surface area contributed by atoms with E-state index in [0.29, 0.717) is 4.72 Å². The molecule has 1 rings (SSSR count). The number of nitrogens with zero attached hydrogens (tertiary/aromatic N) is 1. The second kappa shape index (κ2) is 6.51. The van der Waals surface area contributed by atoms with E-state index in [1.807, 2.05) is 0 Å². The summed E-state index contributed by atoms with van der Waals surface area (Å²) in [5.74, 6) is -1.67. The zero-order valence-electron chi connectivity index (χ0n) is 10.9. The van der Waals surface area contributed by atoms with Gasteiger partial charge >= 0.3 is 31.1 Å². The van der Waals surface area contributed by atoms with E-state index in [-0.39, 0.29) is 4.47 Å². The monoisotopic (exact) mass is 462 g/mol. The normalized spacial score (nSPS) is 14.5. The van der Waals surface area contributed by atoms with Crippen molar-refractivity contribution in [3.05, 3.63) is 34.3 Å². The lowest BCUT2D eigenvalue weighted by Gasteiger charge is -2.14. The van der Waals surface area contributed by atoms with Crippen LogP contribution in [0.25, 0.3) is 0 Å². The highest BCUT2D eigenvalue weighted by Crippen LogP contribution is 2.27. The van der Waals surface area contributed by atoms with Gasteiger partial charge < -0.3 is 0 Å². The second-order valence-electron chi connectivity index (χ2n) is 3.89. The summed E-state index contributed by atoms with van der Waals surface area (Å²) in [6.45, 7) is 0. The van der Waals surface area contributed by atoms with Crippen LogP contribution in [0.3, 0.4) is 0 Å². The Balaban J connectivity index is 3.60. The van der Waals surface area contributed by atoms with Gasteiger partial charge in [0.05, 0.1) is 0 Å². The highest BCUT2D eigenvalue weighted by molar-refractivity contribution is 9.10. The van der Waals surface area contributed by atoms with Gasteiger partial charge in [-0.05, 0) is 6.07 Å². The number of nitrogens with one attached hydrogen (secondary N) is 1. The molecule has 0 spiro atoms. The number of hydrogen-bond acceptors (Lipinski definition) is 4. The van der Waals surface area contributed by atoms with Gasteiger partial charge in [0.25, 0.3) is 0 Å². The van der Waals surface area contributed by atoms with Crippen LogP contribution in [0.2, 0.25) is 0 Å². The van der Waals surface area contributed by atoms with Crippen LogP contribution in [0.4, 0.5) is 26.3 Å². The quantitative estimate of drug-likeness (QED) is 0.424. The third-order valence-electron chi connectivity index (χ3n) is 2.17. The number of rotatable bonds is 3. The maximum atomic E-state index is 12.4. The smallest absolute Gasteiger partial charge is 0.259 e. The van der Waals surface area contributed by atoms with Crippen molar-refractivity contribution >= 4 is 41.8 Å². The maximum Gasteiger partial charge on any atom is 0.518 e. The summed E-state index contributed by atoms with van der Waals surface area (Å²) in [4.78, 5) is 0. The van der Waals surface area contributed by atoms with Gasteiger partial charge in [0.15, 0.2) is 5.84 Å². The van der Waals surface area contributed by atoms with E-state index in [1.54, 1.807) is 0 Å². The lowest BCUT2D eigenvalue weighted by atomic mass is 10.2. The first kappa shape index (κ1) is 20.7. The lowest BCUT2D eigenvalue weighted by molar-refractivity contribution is -0.0443. The van der Waals surface area contributed by atoms with Gasteiger partial charge in [0, 0.05) is 10.0 Å². The molecule has 0 atom stereocenters. The van der Waals surface area contributed by atoms with Crippen LogP contribution in [0.5, 0.6) is 0 Å². The molecule has 0 bridgehead atoms. The molecule has 0 aromatic heterocycles. The Morgan fingerprint density at radius 2 is 1.46 bits per heavy atom. The van der Waals surface area contributed by atoms with Crippen molar-refractivity contribution in [2.45, 2.75) is 11.0 Å². The number of sulfonamides is 2. The standard InChI is InChI=1S/C9H5BrF6N2O4S2/c10-6-4-2-1-3-5(6)7(17-23(19,20)8(11,12)13)18-24(21,22)9(14,15)16/h1-4H,(H,17,18). The largest absolute Gasteiger partial charge is 0.518 e. The number of alkyl halides is 6. The molecule has 0 heterocycles. The average molecular weight is 463 g/mol. The zero-order chi connectivity index (χ0) is 19.0. The molecule has 0 amide bonds. The average Bonchev–Trinajstić information content (AvgIpc) is 2.35. The van der Waals surface area contributed by atoms with Crippen LogP contribution >= 0.6 is 15.9 Å². The van der Waals surface area contributed by atoms with Crippen molar-refractivity contribution in [2.75, 3.05) is 0 Å². The number of amidine groups is 1. The summed E-state index contributed by atoms with van der Waals surface area (Å²) in [7, 11) is -12.5. The fourth-order valence-electron chi connectivity index (χ4n) is 1.13. The van der Waals surface area contributed by atoms with Crippen molar-refractivity contribution in [3.63, 3.8) is 0 Å². The summed E-state index contributed by atoms with van der Waals surface area (Å²) >= 11 is 2.74. The van der Waals surface area contributed by atoms with E-state index in [4.69, 9.17) is 0 Å². The Kier molecular flexibility index (Phi) is 5.62. The van der Waals surface area contributed by atoms with Gasteiger partial charge in [-0.2, -0.15) is 43.2 Å². The Labute approximate surface area is 139 Å². The third kappa shape index (κ3) is 4.60. The highest BCUT2D eigenvalue weighted by atomic mass is 79.9. The van der Waals surface area contributed by atoms with Crippen molar-refractivity contribution in [3.8, 4) is 0 Å². The minimum absolute atomic E-state index is 0.203. The predicted octanol–water partition coefficient (Wildman–Crippen LogP) is 2.48. The minimum atomic E-state index is -6.31. The Bertz CT molecular complexity index is 861. The molecule has 1 aromatic rings. The molecule has 15 heteroatoms. The molecule has 1 aromatic carbocycles. The summed E-state index contributed by atoms with van der Waals surface area (Å²) < 4.78 is 121. The molecule has 0 fully saturated rings. The summed E-state index contributed by atoms with van der Waals surface area (Å²) in [5.41, 5.74) is -12.5. The molecule has 0 aliphatic rings. The summed E-state index contributed by atoms with van der Waals surface area (Å²) in [6.07, 6.45) is 0. The van der Waals surface area contributed by atoms with Crippen LogP contribution in [0.15, 0.2) is 33.1 Å². The second-order valence-corrected chi connectivity index (χ2v) is 8.02. The maximum absolute atomic E-state index is 12.4. The van der Waals surface area contributed by atoms with E-state index in [0.717, 1.165) is 18.2 Å². The van der Waals surface area contributed by atoms with Crippen LogP contribution in [0, 0.1) is 0 Å². The van der Waals surface area contributed by atoms with Crippen LogP contribution in [-0.2, 0) is 20.0 Å². The van der Waals surface area contributed by atoms with Gasteiger partial charge in [-0.15, -0.1) is 4.40 Å².